The van der Waals surface area contributed by atoms with Crippen molar-refractivity contribution in [1.29, 1.82) is 0 Å². The molecule has 0 unspecified atom stereocenters. The Hall–Kier alpha value is -1.52. The minimum Gasteiger partial charge on any atom is -1.00 e. The predicted molar refractivity (Wildman–Crippen MR) is 88.7 cm³/mol. The van der Waals surface area contributed by atoms with Gasteiger partial charge in [0, 0.05) is 5.56 Å². The second-order valence-corrected chi connectivity index (χ2v) is 6.75. The standard InChI is InChI=1S/C20H22F3N.ClH/c21-20(22,23)19-8-6-16(7-9-19)14-17-10-12-24(13-11-17)15-18-4-2-1-3-5-18;/h1-9,17H,10-15H2;1H. The van der Waals surface area contributed by atoms with Gasteiger partial charge in [-0.25, -0.2) is 0 Å². The molecule has 1 nitrogen and oxygen atoms in total. The summed E-state index contributed by atoms with van der Waals surface area (Å²) in [5.74, 6) is 0.585. The van der Waals surface area contributed by atoms with Crippen LogP contribution < -0.4 is 17.3 Å². The molecule has 1 saturated heterocycles. The number of piperidine rings is 1. The van der Waals surface area contributed by atoms with Crippen LogP contribution in [0.3, 0.4) is 0 Å². The van der Waals surface area contributed by atoms with Gasteiger partial charge in [-0.15, -0.1) is 0 Å². The van der Waals surface area contributed by atoms with Crippen molar-refractivity contribution in [2.75, 3.05) is 13.1 Å². The second kappa shape index (κ2) is 8.72. The van der Waals surface area contributed by atoms with Gasteiger partial charge in [-0.05, 0) is 42.9 Å². The van der Waals surface area contributed by atoms with Crippen LogP contribution in [-0.4, -0.2) is 13.1 Å². The number of alkyl halides is 3. The van der Waals surface area contributed by atoms with Crippen molar-refractivity contribution in [1.82, 2.24) is 0 Å². The third-order valence-electron chi connectivity index (χ3n) is 4.91. The Kier molecular flexibility index (Phi) is 6.91. The number of quaternary nitrogens is 1. The quantitative estimate of drug-likeness (QED) is 0.811. The van der Waals surface area contributed by atoms with Crippen molar-refractivity contribution >= 4 is 0 Å². The smallest absolute Gasteiger partial charge is 0.416 e. The molecule has 1 aliphatic heterocycles. The first kappa shape index (κ1) is 19.8. The van der Waals surface area contributed by atoms with E-state index < -0.39 is 11.7 Å². The highest BCUT2D eigenvalue weighted by Crippen LogP contribution is 2.29. The number of hydrogen-bond donors (Lipinski definition) is 1. The normalized spacial score (nSPS) is 20.8. The van der Waals surface area contributed by atoms with Crippen LogP contribution in [0.15, 0.2) is 54.6 Å². The number of likely N-dealkylation sites (tertiary alicyclic amines) is 1. The fraction of sp³-hybridized carbons (Fsp3) is 0.400. The third-order valence-corrected chi connectivity index (χ3v) is 4.91. The van der Waals surface area contributed by atoms with Crippen LogP contribution in [0.4, 0.5) is 13.2 Å². The van der Waals surface area contributed by atoms with Crippen LogP contribution in [0.5, 0.6) is 0 Å². The zero-order chi connectivity index (χ0) is 17.0. The Bertz CT molecular complexity index is 632. The van der Waals surface area contributed by atoms with E-state index in [-0.39, 0.29) is 12.4 Å². The van der Waals surface area contributed by atoms with E-state index in [4.69, 9.17) is 0 Å². The molecule has 0 amide bonds. The average Bonchev–Trinajstić information content (AvgIpc) is 2.57. The molecule has 1 heterocycles. The molecule has 1 aliphatic rings. The van der Waals surface area contributed by atoms with Gasteiger partial charge >= 0.3 is 6.18 Å². The Morgan fingerprint density at radius 3 is 2.00 bits per heavy atom. The maximum Gasteiger partial charge on any atom is 0.416 e. The van der Waals surface area contributed by atoms with Gasteiger partial charge in [0.05, 0.1) is 18.7 Å². The van der Waals surface area contributed by atoms with Crippen molar-refractivity contribution in [3.8, 4) is 0 Å². The molecule has 0 saturated carbocycles. The minimum atomic E-state index is -4.25. The van der Waals surface area contributed by atoms with Gasteiger partial charge in [-0.3, -0.25) is 0 Å². The minimum absolute atomic E-state index is 0. The molecule has 0 atom stereocenters. The van der Waals surface area contributed by atoms with Crippen LogP contribution in [0.1, 0.15) is 29.5 Å². The molecule has 3 rings (SSSR count). The van der Waals surface area contributed by atoms with E-state index >= 15 is 0 Å². The van der Waals surface area contributed by atoms with Gasteiger partial charge in [0.25, 0.3) is 0 Å². The van der Waals surface area contributed by atoms with Crippen LogP contribution in [-0.2, 0) is 19.1 Å². The van der Waals surface area contributed by atoms with Gasteiger partial charge in [0.15, 0.2) is 0 Å². The SMILES string of the molecule is FC(F)(F)c1ccc(CC2CC[NH+](Cc3ccccc3)CC2)cc1.[Cl-]. The highest BCUT2D eigenvalue weighted by Gasteiger charge is 2.30. The lowest BCUT2D eigenvalue weighted by Crippen LogP contribution is -3.11. The molecule has 2 aromatic carbocycles. The topological polar surface area (TPSA) is 4.44 Å². The van der Waals surface area contributed by atoms with Gasteiger partial charge in [0.2, 0.25) is 0 Å². The van der Waals surface area contributed by atoms with E-state index in [0.29, 0.717) is 5.92 Å². The largest absolute Gasteiger partial charge is 1.00 e. The molecule has 136 valence electrons. The van der Waals surface area contributed by atoms with Crippen molar-refractivity contribution < 1.29 is 30.5 Å². The van der Waals surface area contributed by atoms with Crippen LogP contribution in [0.25, 0.3) is 0 Å². The molecule has 0 aliphatic carbocycles. The summed E-state index contributed by atoms with van der Waals surface area (Å²) >= 11 is 0. The van der Waals surface area contributed by atoms with Gasteiger partial charge in [0.1, 0.15) is 6.54 Å². The van der Waals surface area contributed by atoms with E-state index in [1.54, 1.807) is 17.0 Å². The van der Waals surface area contributed by atoms with Crippen LogP contribution >= 0.6 is 0 Å². The molecule has 0 bridgehead atoms. The summed E-state index contributed by atoms with van der Waals surface area (Å²) in [4.78, 5) is 1.60. The molecule has 25 heavy (non-hydrogen) atoms. The predicted octanol–water partition coefficient (Wildman–Crippen LogP) is 0.747. The van der Waals surface area contributed by atoms with Crippen LogP contribution in [0.2, 0.25) is 0 Å². The monoisotopic (exact) mass is 369 g/mol. The molecule has 5 heteroatoms. The molecule has 1 N–H and O–H groups in total. The lowest BCUT2D eigenvalue weighted by molar-refractivity contribution is -0.919. The van der Waals surface area contributed by atoms with E-state index in [2.05, 4.69) is 24.3 Å². The summed E-state index contributed by atoms with van der Waals surface area (Å²) in [6.07, 6.45) is -1.08. The van der Waals surface area contributed by atoms with E-state index in [1.807, 2.05) is 6.07 Å². The first-order valence-corrected chi connectivity index (χ1v) is 8.54. The Balaban J connectivity index is 0.00000225. The lowest BCUT2D eigenvalue weighted by Gasteiger charge is -2.29. The first-order chi connectivity index (χ1) is 11.5. The van der Waals surface area contributed by atoms with Crippen molar-refractivity contribution in [2.45, 2.75) is 32.0 Å². The zero-order valence-corrected chi connectivity index (χ0v) is 14.8. The van der Waals surface area contributed by atoms with Gasteiger partial charge in [-0.2, -0.15) is 13.2 Å². The summed E-state index contributed by atoms with van der Waals surface area (Å²) < 4.78 is 37.8. The number of rotatable bonds is 4. The Morgan fingerprint density at radius 1 is 0.840 bits per heavy atom. The van der Waals surface area contributed by atoms with E-state index in [0.717, 1.165) is 44.5 Å². The van der Waals surface area contributed by atoms with Gasteiger partial charge < -0.3 is 17.3 Å². The molecule has 0 aromatic heterocycles. The number of benzene rings is 2. The highest BCUT2D eigenvalue weighted by atomic mass is 35.5. The van der Waals surface area contributed by atoms with E-state index in [1.165, 1.54) is 17.7 Å². The third kappa shape index (κ3) is 5.75. The molecule has 0 radical (unpaired) electrons. The summed E-state index contributed by atoms with van der Waals surface area (Å²) in [7, 11) is 0. The average molecular weight is 370 g/mol. The molecule has 1 fully saturated rings. The lowest BCUT2D eigenvalue weighted by atomic mass is 9.89. The number of halogens is 4. The Labute approximate surface area is 153 Å². The number of hydrogen-bond acceptors (Lipinski definition) is 0. The van der Waals surface area contributed by atoms with Crippen molar-refractivity contribution in [3.05, 3.63) is 71.3 Å². The van der Waals surface area contributed by atoms with Crippen molar-refractivity contribution in [3.63, 3.8) is 0 Å². The zero-order valence-electron chi connectivity index (χ0n) is 14.0. The fourth-order valence-corrected chi connectivity index (χ4v) is 3.51. The van der Waals surface area contributed by atoms with E-state index in [9.17, 15) is 13.2 Å². The van der Waals surface area contributed by atoms with Gasteiger partial charge in [-0.1, -0.05) is 42.5 Å². The maximum absolute atomic E-state index is 12.6. The highest BCUT2D eigenvalue weighted by molar-refractivity contribution is 5.25. The first-order valence-electron chi connectivity index (χ1n) is 8.54. The van der Waals surface area contributed by atoms with Crippen molar-refractivity contribution in [2.24, 2.45) is 5.92 Å². The summed E-state index contributed by atoms with van der Waals surface area (Å²) in [6.45, 7) is 3.34. The summed E-state index contributed by atoms with van der Waals surface area (Å²) in [5, 5.41) is 0. The summed E-state index contributed by atoms with van der Waals surface area (Å²) in [5.41, 5.74) is 1.82. The molecule has 2 aromatic rings. The fourth-order valence-electron chi connectivity index (χ4n) is 3.51. The maximum atomic E-state index is 12.6. The second-order valence-electron chi connectivity index (χ2n) is 6.75. The Morgan fingerprint density at radius 2 is 1.44 bits per heavy atom. The molecule has 0 spiro atoms. The summed E-state index contributed by atoms with van der Waals surface area (Å²) in [6, 6.07) is 16.2. The number of nitrogens with one attached hydrogen (secondary N) is 1. The molecular formula is C20H23ClF3N. The molecular weight excluding hydrogens is 347 g/mol. The van der Waals surface area contributed by atoms with Crippen LogP contribution in [0, 0.1) is 5.92 Å².